The quantitative estimate of drug-likeness (QED) is 0.368. The minimum absolute atomic E-state index is 0.0461. The molecular formula is C28H29FN6O3. The molecule has 0 radical (unpaired) electrons. The number of carbonyl (C=O) groups is 2. The average Bonchev–Trinajstić information content (AvgIpc) is 3.33. The fraction of sp³-hybridized carbons (Fsp3) is 0.250. The third-order valence-corrected chi connectivity index (χ3v) is 5.62. The number of aromatic hydroxyl groups is 1. The first-order chi connectivity index (χ1) is 18.1. The number of halogens is 1. The lowest BCUT2D eigenvalue weighted by Crippen LogP contribution is -2.49. The van der Waals surface area contributed by atoms with Gasteiger partial charge in [0, 0.05) is 17.6 Å². The molecule has 0 fully saturated rings. The van der Waals surface area contributed by atoms with Gasteiger partial charge in [-0.1, -0.05) is 42.5 Å². The van der Waals surface area contributed by atoms with Crippen LogP contribution >= 0.6 is 0 Å². The second kappa shape index (κ2) is 11.2. The summed E-state index contributed by atoms with van der Waals surface area (Å²) in [5, 5.41) is 25.1. The van der Waals surface area contributed by atoms with Gasteiger partial charge in [-0.15, -0.1) is 10.2 Å². The molecule has 1 aromatic heterocycles. The van der Waals surface area contributed by atoms with Crippen LogP contribution in [-0.4, -0.2) is 47.6 Å². The molecule has 0 saturated carbocycles. The molecule has 0 aliphatic heterocycles. The van der Waals surface area contributed by atoms with Crippen molar-refractivity contribution in [1.82, 2.24) is 30.4 Å². The molecule has 0 unspecified atom stereocenters. The van der Waals surface area contributed by atoms with Crippen molar-refractivity contribution in [3.63, 3.8) is 0 Å². The number of phenols is 1. The zero-order valence-electron chi connectivity index (χ0n) is 21.4. The van der Waals surface area contributed by atoms with Gasteiger partial charge in [0.1, 0.15) is 24.2 Å². The van der Waals surface area contributed by atoms with E-state index in [2.05, 4.69) is 20.7 Å². The summed E-state index contributed by atoms with van der Waals surface area (Å²) in [6, 6.07) is 20.2. The van der Waals surface area contributed by atoms with Gasteiger partial charge in [-0.3, -0.25) is 9.59 Å². The number of amides is 2. The van der Waals surface area contributed by atoms with Crippen LogP contribution in [0.1, 0.15) is 37.9 Å². The summed E-state index contributed by atoms with van der Waals surface area (Å²) in [7, 11) is 0. The van der Waals surface area contributed by atoms with Crippen LogP contribution in [0, 0.1) is 5.82 Å². The van der Waals surface area contributed by atoms with E-state index in [4.69, 9.17) is 0 Å². The minimum Gasteiger partial charge on any atom is -0.508 e. The average molecular weight is 517 g/mol. The highest BCUT2D eigenvalue weighted by molar-refractivity contribution is 5.89. The highest BCUT2D eigenvalue weighted by Gasteiger charge is 2.33. The van der Waals surface area contributed by atoms with Gasteiger partial charge in [0.25, 0.3) is 0 Å². The zero-order chi connectivity index (χ0) is 27.3. The number of tetrazole rings is 1. The Morgan fingerprint density at radius 2 is 1.66 bits per heavy atom. The van der Waals surface area contributed by atoms with Gasteiger partial charge in [0.05, 0.1) is 0 Å². The summed E-state index contributed by atoms with van der Waals surface area (Å²) in [4.78, 5) is 30.0. The van der Waals surface area contributed by atoms with Crippen molar-refractivity contribution < 1.29 is 19.1 Å². The van der Waals surface area contributed by atoms with Crippen molar-refractivity contribution in [3.05, 3.63) is 95.8 Å². The monoisotopic (exact) mass is 516 g/mol. The lowest BCUT2D eigenvalue weighted by atomic mass is 10.0. The number of benzene rings is 3. The van der Waals surface area contributed by atoms with Crippen LogP contribution in [0.4, 0.5) is 4.39 Å². The van der Waals surface area contributed by atoms with Crippen LogP contribution in [0.15, 0.2) is 78.9 Å². The second-order valence-electron chi connectivity index (χ2n) is 9.89. The predicted molar refractivity (Wildman–Crippen MR) is 139 cm³/mol. The van der Waals surface area contributed by atoms with E-state index in [1.807, 2.05) is 51.1 Å². The van der Waals surface area contributed by atoms with E-state index in [9.17, 15) is 19.1 Å². The van der Waals surface area contributed by atoms with Gasteiger partial charge in [0.2, 0.25) is 17.6 Å². The molecular weight excluding hydrogens is 487 g/mol. The number of hydrogen-bond acceptors (Lipinski definition) is 6. The number of carbonyl (C=O) groups excluding carboxylic acids is 2. The van der Waals surface area contributed by atoms with Gasteiger partial charge >= 0.3 is 0 Å². The summed E-state index contributed by atoms with van der Waals surface area (Å²) in [6.45, 7) is 5.44. The molecule has 2 N–H and O–H groups in total. The van der Waals surface area contributed by atoms with Gasteiger partial charge in [-0.25, -0.2) is 4.39 Å². The Morgan fingerprint density at radius 3 is 2.29 bits per heavy atom. The number of phenolic OH excluding ortho intramolecular Hbond substituents is 1. The van der Waals surface area contributed by atoms with Gasteiger partial charge < -0.3 is 15.3 Å². The molecule has 3 aromatic carbocycles. The zero-order valence-corrected chi connectivity index (χ0v) is 21.4. The summed E-state index contributed by atoms with van der Waals surface area (Å²) < 4.78 is 13.3. The van der Waals surface area contributed by atoms with Crippen molar-refractivity contribution in [2.24, 2.45) is 0 Å². The van der Waals surface area contributed by atoms with E-state index in [0.29, 0.717) is 11.1 Å². The van der Waals surface area contributed by atoms with Gasteiger partial charge in [-0.05, 0) is 73.5 Å². The summed E-state index contributed by atoms with van der Waals surface area (Å²) in [6.07, 6.45) is 0. The Kier molecular flexibility index (Phi) is 7.80. The third-order valence-electron chi connectivity index (χ3n) is 5.62. The van der Waals surface area contributed by atoms with E-state index in [1.165, 1.54) is 41.3 Å². The first-order valence-electron chi connectivity index (χ1n) is 12.1. The van der Waals surface area contributed by atoms with E-state index >= 15 is 0 Å². The van der Waals surface area contributed by atoms with Crippen molar-refractivity contribution >= 4 is 11.8 Å². The van der Waals surface area contributed by atoms with E-state index < -0.39 is 17.5 Å². The van der Waals surface area contributed by atoms with Crippen molar-refractivity contribution in [1.29, 1.82) is 0 Å². The third kappa shape index (κ3) is 6.78. The first kappa shape index (κ1) is 26.5. The van der Waals surface area contributed by atoms with E-state index in [-0.39, 0.29) is 36.4 Å². The summed E-state index contributed by atoms with van der Waals surface area (Å²) >= 11 is 0. The van der Waals surface area contributed by atoms with E-state index in [1.54, 1.807) is 12.1 Å². The molecule has 0 saturated heterocycles. The molecule has 0 aliphatic carbocycles. The molecule has 1 atom stereocenters. The molecule has 9 nitrogen and oxygen atoms in total. The number of hydrogen-bond donors (Lipinski definition) is 2. The largest absolute Gasteiger partial charge is 0.508 e. The Bertz CT molecular complexity index is 1380. The molecule has 38 heavy (non-hydrogen) atoms. The Balaban J connectivity index is 1.68. The second-order valence-corrected chi connectivity index (χ2v) is 9.89. The van der Waals surface area contributed by atoms with Crippen LogP contribution < -0.4 is 5.32 Å². The molecule has 196 valence electrons. The van der Waals surface area contributed by atoms with E-state index in [0.717, 1.165) is 10.4 Å². The number of rotatable bonds is 8. The van der Waals surface area contributed by atoms with Crippen molar-refractivity contribution in [2.45, 2.75) is 45.4 Å². The normalized spacial score (nSPS) is 12.1. The molecule has 0 bridgehead atoms. The summed E-state index contributed by atoms with van der Waals surface area (Å²) in [5.41, 5.74) is 1.36. The fourth-order valence-corrected chi connectivity index (χ4v) is 3.91. The van der Waals surface area contributed by atoms with Crippen molar-refractivity contribution in [2.75, 3.05) is 0 Å². The highest BCUT2D eigenvalue weighted by Crippen LogP contribution is 2.27. The molecule has 4 aromatic rings. The number of nitrogens with zero attached hydrogens (tertiary/aromatic N) is 5. The van der Waals surface area contributed by atoms with Crippen LogP contribution in [0.5, 0.6) is 5.75 Å². The van der Waals surface area contributed by atoms with Crippen LogP contribution in [-0.2, 0) is 22.7 Å². The van der Waals surface area contributed by atoms with Gasteiger partial charge in [-0.2, -0.15) is 4.80 Å². The lowest BCUT2D eigenvalue weighted by Gasteiger charge is -2.33. The SMILES string of the molecule is CC(C)(C)NC(=O)[C@H](c1ccc(O)cc1)N(Cc1ccccc1)C(=O)Cn1nnc(-c2ccc(F)cc2)n1. The lowest BCUT2D eigenvalue weighted by molar-refractivity contribution is -0.143. The Hall–Kier alpha value is -4.60. The standard InChI is InChI=1S/C28H29FN6O3/c1-28(2,3)30-27(38)25(20-11-15-23(36)16-12-20)34(17-19-7-5-4-6-8-19)24(37)18-35-32-26(31-33-35)21-9-13-22(29)14-10-21/h4-16,25,36H,17-18H2,1-3H3,(H,30,38)/t25-/m0/s1. The summed E-state index contributed by atoms with van der Waals surface area (Å²) in [5.74, 6) is -0.885. The first-order valence-corrected chi connectivity index (χ1v) is 12.1. The minimum atomic E-state index is -0.998. The number of nitrogens with one attached hydrogen (secondary N) is 1. The maximum atomic E-state index is 13.8. The maximum Gasteiger partial charge on any atom is 0.247 e. The van der Waals surface area contributed by atoms with Crippen LogP contribution in [0.25, 0.3) is 11.4 Å². The maximum absolute atomic E-state index is 13.8. The van der Waals surface area contributed by atoms with Gasteiger partial charge in [0.15, 0.2) is 0 Å². The topological polar surface area (TPSA) is 113 Å². The Labute approximate surface area is 219 Å². The van der Waals surface area contributed by atoms with Crippen molar-refractivity contribution in [3.8, 4) is 17.1 Å². The molecule has 0 aliphatic rings. The molecule has 1 heterocycles. The van der Waals surface area contributed by atoms with Crippen LogP contribution in [0.3, 0.4) is 0 Å². The molecule has 0 spiro atoms. The molecule has 2 amide bonds. The highest BCUT2D eigenvalue weighted by atomic mass is 19.1. The van der Waals surface area contributed by atoms with Crippen LogP contribution in [0.2, 0.25) is 0 Å². The number of aromatic nitrogens is 4. The smallest absolute Gasteiger partial charge is 0.247 e. The molecule has 10 heteroatoms. The Morgan fingerprint density at radius 1 is 1.00 bits per heavy atom. The fourth-order valence-electron chi connectivity index (χ4n) is 3.91. The predicted octanol–water partition coefficient (Wildman–Crippen LogP) is 3.87. The molecule has 4 rings (SSSR count).